The van der Waals surface area contributed by atoms with Gasteiger partial charge < -0.3 is 14.2 Å². The predicted molar refractivity (Wildman–Crippen MR) is 134 cm³/mol. The molecule has 0 saturated heterocycles. The van der Waals surface area contributed by atoms with Crippen LogP contribution in [-0.2, 0) is 4.79 Å². The van der Waals surface area contributed by atoms with E-state index < -0.39 is 6.17 Å². The van der Waals surface area contributed by atoms with E-state index in [4.69, 9.17) is 19.3 Å². The molecule has 0 unspecified atom stereocenters. The normalized spacial score (nSPS) is 14.2. The van der Waals surface area contributed by atoms with Crippen LogP contribution in [-0.4, -0.2) is 43.1 Å². The number of hydrogen-bond acceptors (Lipinski definition) is 7. The molecule has 2 aromatic carbocycles. The first-order chi connectivity index (χ1) is 16.9. The summed E-state index contributed by atoms with van der Waals surface area (Å²) in [5, 5.41) is 5.30. The zero-order chi connectivity index (χ0) is 25.1. The molecular formula is C25H29N4O5S+. The highest BCUT2D eigenvalue weighted by Gasteiger charge is 2.46. The van der Waals surface area contributed by atoms with Gasteiger partial charge in [0.15, 0.2) is 11.5 Å². The maximum Gasteiger partial charge on any atom is 0.325 e. The molecule has 0 bridgehead atoms. The van der Waals surface area contributed by atoms with Gasteiger partial charge in [0.05, 0.1) is 38.1 Å². The largest absolute Gasteiger partial charge is 0.496 e. The Bertz CT molecular complexity index is 1310. The molecule has 2 heterocycles. The van der Waals surface area contributed by atoms with Crippen LogP contribution in [0.2, 0.25) is 0 Å². The summed E-state index contributed by atoms with van der Waals surface area (Å²) in [4.78, 5) is 31.1. The zero-order valence-electron chi connectivity index (χ0n) is 20.5. The van der Waals surface area contributed by atoms with Crippen LogP contribution < -0.4 is 29.4 Å². The molecule has 1 aliphatic heterocycles. The van der Waals surface area contributed by atoms with E-state index in [0.29, 0.717) is 44.9 Å². The van der Waals surface area contributed by atoms with E-state index in [9.17, 15) is 9.59 Å². The fourth-order valence-corrected chi connectivity index (χ4v) is 5.16. The molecule has 3 aromatic rings. The molecule has 0 fully saturated rings. The highest BCUT2D eigenvalue weighted by molar-refractivity contribution is 7.99. The molecule has 35 heavy (non-hydrogen) atoms. The number of methoxy groups -OCH3 is 3. The van der Waals surface area contributed by atoms with Crippen molar-refractivity contribution in [1.82, 2.24) is 10.1 Å². The maximum atomic E-state index is 13.4. The maximum absolute atomic E-state index is 13.4. The lowest BCUT2D eigenvalue weighted by Crippen LogP contribution is -2.60. The number of carbonyl (C=O) groups is 1. The summed E-state index contributed by atoms with van der Waals surface area (Å²) in [6, 6.07) is 10.8. The lowest BCUT2D eigenvalue weighted by atomic mass is 10.0. The number of H-pyrrole nitrogens is 1. The van der Waals surface area contributed by atoms with Gasteiger partial charge >= 0.3 is 11.3 Å². The third kappa shape index (κ3) is 4.45. The number of aromatic nitrogens is 3. The van der Waals surface area contributed by atoms with Crippen molar-refractivity contribution in [3.8, 4) is 28.5 Å². The van der Waals surface area contributed by atoms with Crippen molar-refractivity contribution in [2.75, 3.05) is 32.0 Å². The zero-order valence-corrected chi connectivity index (χ0v) is 21.3. The lowest BCUT2D eigenvalue weighted by molar-refractivity contribution is -0.763. The van der Waals surface area contributed by atoms with Gasteiger partial charge in [-0.15, -0.1) is 0 Å². The SMILES string of the molecule is CCCCSc1n[n+]2c(c(=O)[nH]1)-c1ccccc1N(C(C)=O)[C@@H]2c1cc(OC)c(OC)cc1OC. The van der Waals surface area contributed by atoms with Crippen molar-refractivity contribution in [3.05, 3.63) is 52.3 Å². The standard InChI is InChI=1S/C25H28N4O5S/c1-6-7-12-35-25-26-23(31)22-16-10-8-9-11-18(16)28(15(2)30)24(29(22)27-25)17-13-20(33-4)21(34-5)14-19(17)32-3/h8-11,13-14,24H,6-7,12H2,1-5H3/p+1/t24-/m0/s1. The highest BCUT2D eigenvalue weighted by Crippen LogP contribution is 2.43. The second-order valence-corrected chi connectivity index (χ2v) is 9.07. The number of ether oxygens (including phenoxy) is 3. The number of thioether (sulfide) groups is 1. The second kappa shape index (κ2) is 10.4. The van der Waals surface area contributed by atoms with Gasteiger partial charge in [-0.05, 0) is 29.3 Å². The Morgan fingerprint density at radius 3 is 2.46 bits per heavy atom. The van der Waals surface area contributed by atoms with E-state index in [1.54, 1.807) is 43.0 Å². The van der Waals surface area contributed by atoms with Gasteiger partial charge in [0.2, 0.25) is 11.1 Å². The van der Waals surface area contributed by atoms with Crippen LogP contribution in [0.5, 0.6) is 17.2 Å². The van der Waals surface area contributed by atoms with Crippen LogP contribution in [0.3, 0.4) is 0 Å². The molecular weight excluding hydrogens is 468 g/mol. The molecule has 1 atom stereocenters. The summed E-state index contributed by atoms with van der Waals surface area (Å²) >= 11 is 1.48. The Kier molecular flexibility index (Phi) is 7.30. The molecule has 9 nitrogen and oxygen atoms in total. The van der Waals surface area contributed by atoms with Gasteiger partial charge in [0, 0.05) is 23.8 Å². The minimum atomic E-state index is -0.792. The van der Waals surface area contributed by atoms with Crippen LogP contribution in [0.1, 0.15) is 38.4 Å². The quantitative estimate of drug-likeness (QED) is 0.289. The molecule has 0 aliphatic carbocycles. The van der Waals surface area contributed by atoms with Crippen LogP contribution >= 0.6 is 11.8 Å². The first-order valence-corrected chi connectivity index (χ1v) is 12.3. The number of carbonyl (C=O) groups excluding carboxylic acids is 1. The molecule has 10 heteroatoms. The molecule has 1 N–H and O–H groups in total. The Hall–Kier alpha value is -3.53. The number of benzene rings is 2. The number of nitrogens with zero attached hydrogens (tertiary/aromatic N) is 3. The van der Waals surface area contributed by atoms with Crippen LogP contribution in [0.25, 0.3) is 11.3 Å². The number of hydrogen-bond donors (Lipinski definition) is 1. The third-order valence-corrected chi connectivity index (χ3v) is 6.80. The van der Waals surface area contributed by atoms with Crippen molar-refractivity contribution < 1.29 is 23.7 Å². The summed E-state index contributed by atoms with van der Waals surface area (Å²) in [5.74, 6) is 2.03. The molecule has 0 saturated carbocycles. The van der Waals surface area contributed by atoms with Crippen molar-refractivity contribution in [2.24, 2.45) is 0 Å². The van der Waals surface area contributed by atoms with Gasteiger partial charge in [0.25, 0.3) is 6.17 Å². The fraction of sp³-hybridized carbons (Fsp3) is 0.360. The lowest BCUT2D eigenvalue weighted by Gasteiger charge is -2.32. The molecule has 4 rings (SSSR count). The summed E-state index contributed by atoms with van der Waals surface area (Å²) < 4.78 is 18.3. The Morgan fingerprint density at radius 2 is 1.80 bits per heavy atom. The van der Waals surface area contributed by atoms with E-state index >= 15 is 0 Å². The second-order valence-electron chi connectivity index (χ2n) is 7.98. The predicted octanol–water partition coefficient (Wildman–Crippen LogP) is 3.56. The Labute approximate surface area is 208 Å². The van der Waals surface area contributed by atoms with Crippen molar-refractivity contribution in [1.29, 1.82) is 0 Å². The van der Waals surface area contributed by atoms with Gasteiger partial charge in [-0.1, -0.05) is 37.2 Å². The van der Waals surface area contributed by atoms with E-state index in [1.807, 2.05) is 24.3 Å². The van der Waals surface area contributed by atoms with Crippen LogP contribution in [0, 0.1) is 0 Å². The number of nitrogens with one attached hydrogen (secondary N) is 1. The summed E-state index contributed by atoms with van der Waals surface area (Å²) in [7, 11) is 4.63. The van der Waals surface area contributed by atoms with Gasteiger partial charge in [-0.2, -0.15) is 0 Å². The van der Waals surface area contributed by atoms with Crippen molar-refractivity contribution in [3.63, 3.8) is 0 Å². The van der Waals surface area contributed by atoms with Crippen LogP contribution in [0.15, 0.2) is 46.3 Å². The Morgan fingerprint density at radius 1 is 1.11 bits per heavy atom. The van der Waals surface area contributed by atoms with E-state index in [-0.39, 0.29) is 11.5 Å². The molecule has 1 aliphatic rings. The molecule has 1 aromatic heterocycles. The average molecular weight is 498 g/mol. The van der Waals surface area contributed by atoms with Gasteiger partial charge in [-0.3, -0.25) is 14.6 Å². The summed E-state index contributed by atoms with van der Waals surface area (Å²) in [6.07, 6.45) is 1.23. The minimum Gasteiger partial charge on any atom is -0.496 e. The van der Waals surface area contributed by atoms with E-state index in [2.05, 4.69) is 11.9 Å². The van der Waals surface area contributed by atoms with Crippen molar-refractivity contribution in [2.45, 2.75) is 38.0 Å². The fourth-order valence-electron chi connectivity index (χ4n) is 4.23. The van der Waals surface area contributed by atoms with E-state index in [1.165, 1.54) is 18.7 Å². The number of anilines is 1. The molecule has 0 spiro atoms. The topological polar surface area (TPSA) is 97.6 Å². The first-order valence-electron chi connectivity index (χ1n) is 11.3. The highest BCUT2D eigenvalue weighted by atomic mass is 32.2. The number of amides is 1. The van der Waals surface area contributed by atoms with Crippen molar-refractivity contribution >= 4 is 23.4 Å². The molecule has 1 amide bonds. The number of unbranched alkanes of at least 4 members (excludes halogenated alkanes) is 1. The molecule has 184 valence electrons. The number of rotatable bonds is 8. The smallest absolute Gasteiger partial charge is 0.325 e. The average Bonchev–Trinajstić information content (AvgIpc) is 2.86. The minimum absolute atomic E-state index is 0.209. The monoisotopic (exact) mass is 497 g/mol. The summed E-state index contributed by atoms with van der Waals surface area (Å²) in [6.45, 7) is 3.60. The third-order valence-electron chi connectivity index (χ3n) is 5.85. The van der Waals surface area contributed by atoms with Gasteiger partial charge in [0.1, 0.15) is 5.75 Å². The van der Waals surface area contributed by atoms with Crippen LogP contribution in [0.4, 0.5) is 5.69 Å². The number of aromatic amines is 1. The number of para-hydroxylation sites is 1. The first kappa shape index (κ1) is 24.6. The van der Waals surface area contributed by atoms with E-state index in [0.717, 1.165) is 18.6 Å². The number of fused-ring (bicyclic) bond motifs is 3. The molecule has 0 radical (unpaired) electrons. The summed E-state index contributed by atoms with van der Waals surface area (Å²) in [5.41, 5.74) is 1.92. The Balaban J connectivity index is 2.04. The van der Waals surface area contributed by atoms with Gasteiger partial charge in [-0.25, -0.2) is 4.90 Å².